The Balaban J connectivity index is 1.57. The number of hydrogen-bond acceptors (Lipinski definition) is 6. The van der Waals surface area contributed by atoms with E-state index in [2.05, 4.69) is 5.32 Å². The second-order valence-corrected chi connectivity index (χ2v) is 7.41. The molecule has 8 nitrogen and oxygen atoms in total. The van der Waals surface area contributed by atoms with Gasteiger partial charge in [-0.2, -0.15) is 0 Å². The number of nitrogens with one attached hydrogen (secondary N) is 1. The largest absolute Gasteiger partial charge is 0.497 e. The van der Waals surface area contributed by atoms with Gasteiger partial charge in [0.25, 0.3) is 5.91 Å². The molecule has 33 heavy (non-hydrogen) atoms. The molecule has 1 heterocycles. The van der Waals surface area contributed by atoms with E-state index in [1.807, 2.05) is 28.8 Å². The summed E-state index contributed by atoms with van der Waals surface area (Å²) < 4.78 is 23.3. The number of anilines is 1. The molecule has 0 aliphatic carbocycles. The van der Waals surface area contributed by atoms with Gasteiger partial charge >= 0.3 is 0 Å². The highest BCUT2D eigenvalue weighted by Gasteiger charge is 2.12. The van der Waals surface area contributed by atoms with E-state index in [1.165, 1.54) is 13.2 Å². The first-order valence-corrected chi connectivity index (χ1v) is 10.5. The summed E-state index contributed by atoms with van der Waals surface area (Å²) in [5.41, 5.74) is 0.786. The monoisotopic (exact) mass is 472 g/mol. The number of ether oxygens (including phenoxy) is 4. The molecule has 0 bridgehead atoms. The van der Waals surface area contributed by atoms with Crippen LogP contribution in [0.4, 0.5) is 5.69 Å². The fraction of sp³-hybridized carbons (Fsp3) is 0.250. The van der Waals surface area contributed by atoms with Crippen LogP contribution in [0.3, 0.4) is 0 Å². The predicted molar refractivity (Wildman–Crippen MR) is 126 cm³/mol. The minimum absolute atomic E-state index is 0.116. The molecular formula is C24H25ClN2O6. The van der Waals surface area contributed by atoms with Gasteiger partial charge in [-0.1, -0.05) is 11.6 Å². The number of carbonyl (C=O) groups is 1. The molecule has 1 N–H and O–H groups in total. The summed E-state index contributed by atoms with van der Waals surface area (Å²) >= 11 is 6.07. The van der Waals surface area contributed by atoms with Gasteiger partial charge in [-0.15, -0.1) is 0 Å². The zero-order valence-corrected chi connectivity index (χ0v) is 19.3. The van der Waals surface area contributed by atoms with E-state index >= 15 is 0 Å². The molecule has 9 heteroatoms. The molecule has 0 unspecified atom stereocenters. The molecule has 2 aromatic carbocycles. The van der Waals surface area contributed by atoms with Crippen molar-refractivity contribution in [2.75, 3.05) is 32.8 Å². The standard InChI is InChI=1S/C24H25ClN2O6/c1-16-24(33-15-23(29)26-17-4-9-22(31-3)20(25)14-17)21(28)10-11-27(16)12-13-32-19-7-5-18(30-2)6-8-19/h4-11,14H,12-13,15H2,1-3H3,(H,26,29). The number of nitrogens with zero attached hydrogens (tertiary/aromatic N) is 1. The molecule has 0 aliphatic heterocycles. The van der Waals surface area contributed by atoms with E-state index in [9.17, 15) is 9.59 Å². The number of halogens is 1. The van der Waals surface area contributed by atoms with E-state index in [4.69, 9.17) is 30.5 Å². The maximum Gasteiger partial charge on any atom is 0.262 e. The maximum absolute atomic E-state index is 12.3. The molecular weight excluding hydrogens is 448 g/mol. The van der Waals surface area contributed by atoms with E-state index in [1.54, 1.807) is 38.4 Å². The molecule has 3 aromatic rings. The first kappa shape index (κ1) is 24.0. The lowest BCUT2D eigenvalue weighted by Gasteiger charge is -2.15. The van der Waals surface area contributed by atoms with E-state index in [0.29, 0.717) is 41.1 Å². The van der Waals surface area contributed by atoms with Crippen LogP contribution in [0.1, 0.15) is 5.69 Å². The smallest absolute Gasteiger partial charge is 0.262 e. The number of aromatic nitrogens is 1. The molecule has 0 spiro atoms. The third-order valence-electron chi connectivity index (χ3n) is 4.83. The number of pyridine rings is 1. The molecule has 1 amide bonds. The van der Waals surface area contributed by atoms with Gasteiger partial charge in [-0.3, -0.25) is 9.59 Å². The zero-order chi connectivity index (χ0) is 23.8. The zero-order valence-electron chi connectivity index (χ0n) is 18.6. The lowest BCUT2D eigenvalue weighted by Crippen LogP contribution is -2.24. The summed E-state index contributed by atoms with van der Waals surface area (Å²) in [6, 6.07) is 13.5. The van der Waals surface area contributed by atoms with Gasteiger partial charge in [-0.05, 0) is 49.4 Å². The van der Waals surface area contributed by atoms with Gasteiger partial charge in [0.2, 0.25) is 5.43 Å². The number of benzene rings is 2. The van der Waals surface area contributed by atoms with Crippen LogP contribution in [-0.4, -0.2) is 37.9 Å². The minimum Gasteiger partial charge on any atom is -0.497 e. The Hall–Kier alpha value is -3.65. The lowest BCUT2D eigenvalue weighted by molar-refractivity contribution is -0.118. The van der Waals surface area contributed by atoms with Gasteiger partial charge in [-0.25, -0.2) is 0 Å². The maximum atomic E-state index is 12.3. The molecule has 174 valence electrons. The van der Waals surface area contributed by atoms with Crippen LogP contribution in [-0.2, 0) is 11.3 Å². The summed E-state index contributed by atoms with van der Waals surface area (Å²) in [6.07, 6.45) is 1.67. The van der Waals surface area contributed by atoms with Crippen LogP contribution in [0, 0.1) is 6.92 Å². The van der Waals surface area contributed by atoms with Gasteiger partial charge in [0, 0.05) is 18.0 Å². The summed E-state index contributed by atoms with van der Waals surface area (Å²) in [5, 5.41) is 3.05. The molecule has 0 saturated carbocycles. The van der Waals surface area contributed by atoms with Crippen LogP contribution in [0.2, 0.25) is 5.02 Å². The predicted octanol–water partition coefficient (Wildman–Crippen LogP) is 3.92. The van der Waals surface area contributed by atoms with Crippen molar-refractivity contribution in [2.45, 2.75) is 13.5 Å². The van der Waals surface area contributed by atoms with Crippen molar-refractivity contribution in [2.24, 2.45) is 0 Å². The third kappa shape index (κ3) is 6.43. The quantitative estimate of drug-likeness (QED) is 0.481. The Morgan fingerprint density at radius 2 is 1.73 bits per heavy atom. The Kier molecular flexibility index (Phi) is 8.21. The number of methoxy groups -OCH3 is 2. The molecule has 1 aromatic heterocycles. The summed E-state index contributed by atoms with van der Waals surface area (Å²) in [5.74, 6) is 1.65. The van der Waals surface area contributed by atoms with E-state index < -0.39 is 5.91 Å². The van der Waals surface area contributed by atoms with Crippen molar-refractivity contribution >= 4 is 23.2 Å². The average Bonchev–Trinajstić information content (AvgIpc) is 2.81. The normalized spacial score (nSPS) is 10.4. The van der Waals surface area contributed by atoms with Crippen LogP contribution < -0.4 is 29.7 Å². The Morgan fingerprint density at radius 3 is 2.39 bits per heavy atom. The summed E-state index contributed by atoms with van der Waals surface area (Å²) in [4.78, 5) is 24.6. The molecule has 0 saturated heterocycles. The molecule has 0 atom stereocenters. The fourth-order valence-corrected chi connectivity index (χ4v) is 3.34. The highest BCUT2D eigenvalue weighted by atomic mass is 35.5. The highest BCUT2D eigenvalue weighted by Crippen LogP contribution is 2.27. The van der Waals surface area contributed by atoms with Crippen LogP contribution >= 0.6 is 11.6 Å². The van der Waals surface area contributed by atoms with Crippen LogP contribution in [0.25, 0.3) is 0 Å². The molecule has 0 radical (unpaired) electrons. The van der Waals surface area contributed by atoms with Gasteiger partial charge < -0.3 is 28.8 Å². The van der Waals surface area contributed by atoms with Gasteiger partial charge in [0.05, 0.1) is 31.5 Å². The second-order valence-electron chi connectivity index (χ2n) is 7.00. The Labute approximate surface area is 196 Å². The van der Waals surface area contributed by atoms with E-state index in [-0.39, 0.29) is 17.8 Å². The topological polar surface area (TPSA) is 88.0 Å². The minimum atomic E-state index is -0.423. The van der Waals surface area contributed by atoms with Crippen LogP contribution in [0.15, 0.2) is 59.5 Å². The Morgan fingerprint density at radius 1 is 1.00 bits per heavy atom. The van der Waals surface area contributed by atoms with Crippen molar-refractivity contribution in [1.29, 1.82) is 0 Å². The van der Waals surface area contributed by atoms with E-state index in [0.717, 1.165) is 5.75 Å². The van der Waals surface area contributed by atoms with Crippen molar-refractivity contribution in [3.63, 3.8) is 0 Å². The first-order chi connectivity index (χ1) is 15.9. The number of hydrogen-bond donors (Lipinski definition) is 1. The van der Waals surface area contributed by atoms with Gasteiger partial charge in [0.1, 0.15) is 23.9 Å². The molecule has 3 rings (SSSR count). The number of amides is 1. The van der Waals surface area contributed by atoms with Crippen LogP contribution in [0.5, 0.6) is 23.0 Å². The lowest BCUT2D eigenvalue weighted by atomic mass is 10.3. The third-order valence-corrected chi connectivity index (χ3v) is 5.13. The van der Waals surface area contributed by atoms with Crippen molar-refractivity contribution in [1.82, 2.24) is 4.57 Å². The average molecular weight is 473 g/mol. The fourth-order valence-electron chi connectivity index (χ4n) is 3.08. The van der Waals surface area contributed by atoms with Crippen molar-refractivity contribution in [3.8, 4) is 23.0 Å². The Bertz CT molecular complexity index is 1160. The van der Waals surface area contributed by atoms with Crippen molar-refractivity contribution < 1.29 is 23.7 Å². The molecule has 0 aliphatic rings. The first-order valence-electron chi connectivity index (χ1n) is 10.1. The molecule has 0 fully saturated rings. The second kappa shape index (κ2) is 11.3. The van der Waals surface area contributed by atoms with Gasteiger partial charge in [0.15, 0.2) is 12.4 Å². The number of rotatable bonds is 10. The SMILES string of the molecule is COc1ccc(OCCn2ccc(=O)c(OCC(=O)Nc3ccc(OC)c(Cl)c3)c2C)cc1. The number of carbonyl (C=O) groups excluding carboxylic acids is 1. The highest BCUT2D eigenvalue weighted by molar-refractivity contribution is 6.32. The van der Waals surface area contributed by atoms with Crippen molar-refractivity contribution in [3.05, 3.63) is 75.7 Å². The summed E-state index contributed by atoms with van der Waals surface area (Å²) in [6.45, 7) is 2.30. The summed E-state index contributed by atoms with van der Waals surface area (Å²) in [7, 11) is 3.11.